The number of halogens is 1. The van der Waals surface area contributed by atoms with Gasteiger partial charge in [-0.05, 0) is 18.2 Å². The number of thiazole rings is 1. The third kappa shape index (κ3) is 4.40. The Kier molecular flexibility index (Phi) is 5.56. The van der Waals surface area contributed by atoms with E-state index in [-0.39, 0.29) is 22.6 Å². The van der Waals surface area contributed by atoms with Crippen molar-refractivity contribution in [3.63, 3.8) is 0 Å². The second-order valence-electron chi connectivity index (χ2n) is 5.58. The monoisotopic (exact) mass is 411 g/mol. The number of allylic oxidation sites excluding steroid dienone is 1. The molecule has 3 rings (SSSR count). The van der Waals surface area contributed by atoms with E-state index in [4.69, 9.17) is 0 Å². The number of hydrogen-bond acceptors (Lipinski definition) is 8. The van der Waals surface area contributed by atoms with E-state index in [9.17, 15) is 29.9 Å². The van der Waals surface area contributed by atoms with Gasteiger partial charge in [-0.15, -0.1) is 11.3 Å². The van der Waals surface area contributed by atoms with E-state index in [0.717, 1.165) is 29.5 Å². The Labute approximate surface area is 166 Å². The largest absolute Gasteiger partial charge is 0.358 e. The van der Waals surface area contributed by atoms with Gasteiger partial charge >= 0.3 is 0 Å². The van der Waals surface area contributed by atoms with Crippen molar-refractivity contribution in [3.05, 3.63) is 85.1 Å². The molecule has 11 heteroatoms. The molecular formula is C18H10FN5O4S. The zero-order valence-electron chi connectivity index (χ0n) is 14.4. The third-order valence-electron chi connectivity index (χ3n) is 3.76. The highest BCUT2D eigenvalue weighted by Gasteiger charge is 2.13. The van der Waals surface area contributed by atoms with Crippen LogP contribution in [-0.4, -0.2) is 14.8 Å². The van der Waals surface area contributed by atoms with E-state index in [0.29, 0.717) is 16.3 Å². The molecule has 1 aromatic heterocycles. The number of aromatic nitrogens is 1. The van der Waals surface area contributed by atoms with Crippen molar-refractivity contribution in [1.29, 1.82) is 5.26 Å². The molecule has 1 N–H and O–H groups in total. The van der Waals surface area contributed by atoms with Gasteiger partial charge in [0.25, 0.3) is 11.4 Å². The van der Waals surface area contributed by atoms with Crippen molar-refractivity contribution in [3.8, 4) is 17.3 Å². The third-order valence-corrected chi connectivity index (χ3v) is 4.64. The van der Waals surface area contributed by atoms with Crippen molar-refractivity contribution in [2.75, 3.05) is 5.32 Å². The SMILES string of the molecule is N#C/C(=C\Nc1cc([N+](=O)[O-])ccc1F)c1nc(-c2ccc([N+](=O)[O-])cc2)cs1. The second-order valence-corrected chi connectivity index (χ2v) is 6.44. The molecule has 0 saturated carbocycles. The Morgan fingerprint density at radius 3 is 2.41 bits per heavy atom. The van der Waals surface area contributed by atoms with Gasteiger partial charge in [-0.1, -0.05) is 0 Å². The Balaban J connectivity index is 1.84. The molecule has 2 aromatic carbocycles. The number of nitriles is 1. The Bertz CT molecular complexity index is 1170. The van der Waals surface area contributed by atoms with Gasteiger partial charge in [0.2, 0.25) is 0 Å². The summed E-state index contributed by atoms with van der Waals surface area (Å²) in [6.07, 6.45) is 1.21. The van der Waals surface area contributed by atoms with Crippen molar-refractivity contribution in [2.45, 2.75) is 0 Å². The van der Waals surface area contributed by atoms with Crippen LogP contribution in [0.25, 0.3) is 16.8 Å². The van der Waals surface area contributed by atoms with E-state index in [1.165, 1.54) is 18.3 Å². The van der Waals surface area contributed by atoms with Gasteiger partial charge < -0.3 is 5.32 Å². The van der Waals surface area contributed by atoms with Crippen molar-refractivity contribution in [2.24, 2.45) is 0 Å². The smallest absolute Gasteiger partial charge is 0.271 e. The molecule has 1 heterocycles. The zero-order valence-corrected chi connectivity index (χ0v) is 15.2. The molecule has 0 atom stereocenters. The fraction of sp³-hybridized carbons (Fsp3) is 0. The summed E-state index contributed by atoms with van der Waals surface area (Å²) in [4.78, 5) is 24.7. The molecule has 0 bridgehead atoms. The lowest BCUT2D eigenvalue weighted by Crippen LogP contribution is -1.96. The maximum absolute atomic E-state index is 13.8. The highest BCUT2D eigenvalue weighted by Crippen LogP contribution is 2.28. The molecule has 0 radical (unpaired) electrons. The first-order valence-corrected chi connectivity index (χ1v) is 8.78. The molecule has 3 aromatic rings. The van der Waals surface area contributed by atoms with Gasteiger partial charge in [0.15, 0.2) is 0 Å². The standard InChI is InChI=1S/C18H10FN5O4S/c19-15-6-5-14(24(27)28)7-16(15)21-9-12(8-20)18-22-17(10-29-18)11-1-3-13(4-2-11)23(25)26/h1-7,9-10,21H/b12-9+. The van der Waals surface area contributed by atoms with Crippen LogP contribution in [0.15, 0.2) is 54.0 Å². The highest BCUT2D eigenvalue weighted by atomic mass is 32.1. The fourth-order valence-electron chi connectivity index (χ4n) is 2.31. The number of anilines is 1. The predicted octanol–water partition coefficient (Wildman–Crippen LogP) is 4.74. The molecule has 0 aliphatic carbocycles. The summed E-state index contributed by atoms with van der Waals surface area (Å²) in [5.74, 6) is -0.713. The number of benzene rings is 2. The number of nitro benzene ring substituents is 2. The molecule has 0 amide bonds. The summed E-state index contributed by atoms with van der Waals surface area (Å²) in [6.45, 7) is 0. The molecule has 0 aliphatic rings. The maximum Gasteiger partial charge on any atom is 0.271 e. The number of non-ortho nitro benzene ring substituents is 2. The van der Waals surface area contributed by atoms with E-state index < -0.39 is 15.7 Å². The van der Waals surface area contributed by atoms with Crippen LogP contribution in [0.2, 0.25) is 0 Å². The molecule has 144 valence electrons. The van der Waals surface area contributed by atoms with Gasteiger partial charge in [0.1, 0.15) is 22.5 Å². The molecule has 0 fully saturated rings. The first kappa shape index (κ1) is 19.6. The van der Waals surface area contributed by atoms with Gasteiger partial charge in [0.05, 0.1) is 21.2 Å². The van der Waals surface area contributed by atoms with Gasteiger partial charge in [-0.3, -0.25) is 20.2 Å². The summed E-state index contributed by atoms with van der Waals surface area (Å²) in [5, 5.41) is 35.5. The number of rotatable bonds is 6. The Morgan fingerprint density at radius 2 is 1.79 bits per heavy atom. The van der Waals surface area contributed by atoms with Crippen LogP contribution in [0, 0.1) is 37.4 Å². The van der Waals surface area contributed by atoms with E-state index in [2.05, 4.69) is 10.3 Å². The lowest BCUT2D eigenvalue weighted by molar-refractivity contribution is -0.385. The predicted molar refractivity (Wildman–Crippen MR) is 104 cm³/mol. The van der Waals surface area contributed by atoms with Gasteiger partial charge in [-0.2, -0.15) is 5.26 Å². The van der Waals surface area contributed by atoms with Crippen LogP contribution in [0.5, 0.6) is 0 Å². The molecule has 0 aliphatic heterocycles. The first-order valence-electron chi connectivity index (χ1n) is 7.90. The minimum atomic E-state index is -0.713. The van der Waals surface area contributed by atoms with Crippen molar-refractivity contribution in [1.82, 2.24) is 4.98 Å². The maximum atomic E-state index is 13.8. The van der Waals surface area contributed by atoms with Gasteiger partial charge in [0, 0.05) is 41.4 Å². The van der Waals surface area contributed by atoms with Gasteiger partial charge in [-0.25, -0.2) is 9.37 Å². The summed E-state index contributed by atoms with van der Waals surface area (Å²) in [6, 6.07) is 10.7. The van der Waals surface area contributed by atoms with Crippen LogP contribution >= 0.6 is 11.3 Å². The average Bonchev–Trinajstić information content (AvgIpc) is 3.19. The molecule has 0 unspecified atom stereocenters. The Hall–Kier alpha value is -4.17. The fourth-order valence-corrected chi connectivity index (χ4v) is 3.11. The summed E-state index contributed by atoms with van der Waals surface area (Å²) in [7, 11) is 0. The Morgan fingerprint density at radius 1 is 1.14 bits per heavy atom. The molecule has 29 heavy (non-hydrogen) atoms. The first-order chi connectivity index (χ1) is 13.9. The summed E-state index contributed by atoms with van der Waals surface area (Å²) in [5.41, 5.74) is 0.740. The summed E-state index contributed by atoms with van der Waals surface area (Å²) >= 11 is 1.16. The topological polar surface area (TPSA) is 135 Å². The number of nitrogens with one attached hydrogen (secondary N) is 1. The molecular weight excluding hydrogens is 401 g/mol. The minimum absolute atomic E-state index is 0.0509. The summed E-state index contributed by atoms with van der Waals surface area (Å²) < 4.78 is 13.8. The number of hydrogen-bond donors (Lipinski definition) is 1. The normalized spacial score (nSPS) is 11.0. The lowest BCUT2D eigenvalue weighted by atomic mass is 10.1. The quantitative estimate of drug-likeness (QED) is 0.351. The van der Waals surface area contributed by atoms with E-state index >= 15 is 0 Å². The average molecular weight is 411 g/mol. The highest BCUT2D eigenvalue weighted by molar-refractivity contribution is 7.11. The molecule has 9 nitrogen and oxygen atoms in total. The molecule has 0 saturated heterocycles. The zero-order chi connectivity index (χ0) is 21.0. The van der Waals surface area contributed by atoms with Crippen molar-refractivity contribution < 1.29 is 14.2 Å². The second kappa shape index (κ2) is 8.24. The number of nitrogens with zero attached hydrogens (tertiary/aromatic N) is 4. The van der Waals surface area contributed by atoms with Crippen LogP contribution in [0.1, 0.15) is 5.01 Å². The lowest BCUT2D eigenvalue weighted by Gasteiger charge is -2.03. The molecule has 0 spiro atoms. The van der Waals surface area contributed by atoms with Crippen LogP contribution in [0.4, 0.5) is 21.5 Å². The van der Waals surface area contributed by atoms with Crippen LogP contribution in [0.3, 0.4) is 0 Å². The van der Waals surface area contributed by atoms with E-state index in [1.54, 1.807) is 17.5 Å². The number of nitro groups is 2. The van der Waals surface area contributed by atoms with Crippen LogP contribution in [-0.2, 0) is 0 Å². The van der Waals surface area contributed by atoms with Crippen LogP contribution < -0.4 is 5.32 Å². The minimum Gasteiger partial charge on any atom is -0.358 e. The van der Waals surface area contributed by atoms with Crippen molar-refractivity contribution >= 4 is 34.0 Å². The van der Waals surface area contributed by atoms with E-state index in [1.807, 2.05) is 6.07 Å².